The van der Waals surface area contributed by atoms with Crippen LogP contribution in [0.2, 0.25) is 0 Å². The number of nitriles is 1. The van der Waals surface area contributed by atoms with E-state index in [1.165, 1.54) is 0 Å². The molecule has 0 aliphatic rings. The van der Waals surface area contributed by atoms with Gasteiger partial charge in [-0.1, -0.05) is 42.5 Å². The second-order valence-electron chi connectivity index (χ2n) is 4.41. The largest absolute Gasteiger partial charge is 0.489 e. The van der Waals surface area contributed by atoms with Crippen LogP contribution < -0.4 is 4.74 Å². The minimum atomic E-state index is -0.512. The molecule has 2 aromatic rings. The van der Waals surface area contributed by atoms with Gasteiger partial charge < -0.3 is 9.47 Å². The topological polar surface area (TPSA) is 59.3 Å². The van der Waals surface area contributed by atoms with Crippen molar-refractivity contribution in [2.45, 2.75) is 19.6 Å². The van der Waals surface area contributed by atoms with Crippen molar-refractivity contribution in [3.05, 3.63) is 65.7 Å². The van der Waals surface area contributed by atoms with Gasteiger partial charge in [0.1, 0.15) is 25.4 Å². The molecular formula is C17H15NO3. The molecule has 0 radical (unpaired) electrons. The van der Waals surface area contributed by atoms with E-state index in [0.717, 1.165) is 16.9 Å². The molecule has 0 fully saturated rings. The van der Waals surface area contributed by atoms with E-state index in [-0.39, 0.29) is 13.0 Å². The molecule has 0 N–H and O–H groups in total. The van der Waals surface area contributed by atoms with E-state index in [9.17, 15) is 4.79 Å². The highest BCUT2D eigenvalue weighted by Gasteiger charge is 2.02. The average molecular weight is 281 g/mol. The standard InChI is InChI=1S/C17H15NO3/c18-11-10-17(19)21-13-15-6-8-16(9-7-15)20-12-14-4-2-1-3-5-14/h1-9H,10,12-13H2. The molecule has 0 aliphatic heterocycles. The Morgan fingerprint density at radius 1 is 0.952 bits per heavy atom. The van der Waals surface area contributed by atoms with Gasteiger partial charge in [0.25, 0.3) is 0 Å². The fourth-order valence-corrected chi connectivity index (χ4v) is 1.70. The summed E-state index contributed by atoms with van der Waals surface area (Å²) in [6, 6.07) is 19.0. The molecule has 0 spiro atoms. The summed E-state index contributed by atoms with van der Waals surface area (Å²) in [5.41, 5.74) is 1.96. The molecule has 21 heavy (non-hydrogen) atoms. The second kappa shape index (κ2) is 7.71. The van der Waals surface area contributed by atoms with Crippen molar-refractivity contribution in [2.24, 2.45) is 0 Å². The van der Waals surface area contributed by atoms with Gasteiger partial charge in [-0.2, -0.15) is 5.26 Å². The Bertz CT molecular complexity index is 615. The summed E-state index contributed by atoms with van der Waals surface area (Å²) in [5, 5.41) is 8.36. The smallest absolute Gasteiger partial charge is 0.320 e. The number of nitrogens with zero attached hydrogens (tertiary/aromatic N) is 1. The molecule has 0 heterocycles. The summed E-state index contributed by atoms with van der Waals surface area (Å²) >= 11 is 0. The van der Waals surface area contributed by atoms with E-state index < -0.39 is 5.97 Å². The summed E-state index contributed by atoms with van der Waals surface area (Å²) in [6.45, 7) is 0.677. The summed E-state index contributed by atoms with van der Waals surface area (Å²) < 4.78 is 10.6. The fourth-order valence-electron chi connectivity index (χ4n) is 1.70. The lowest BCUT2D eigenvalue weighted by Gasteiger charge is -2.07. The molecule has 0 atom stereocenters. The number of carbonyl (C=O) groups is 1. The van der Waals surface area contributed by atoms with Crippen LogP contribution in [0.5, 0.6) is 5.75 Å². The number of ether oxygens (including phenoxy) is 2. The Morgan fingerprint density at radius 3 is 2.29 bits per heavy atom. The molecule has 4 nitrogen and oxygen atoms in total. The maximum absolute atomic E-state index is 11.1. The Kier molecular flexibility index (Phi) is 5.36. The normalized spacial score (nSPS) is 9.67. The lowest BCUT2D eigenvalue weighted by molar-refractivity contribution is -0.143. The predicted molar refractivity (Wildman–Crippen MR) is 77.2 cm³/mol. The molecule has 0 bridgehead atoms. The van der Waals surface area contributed by atoms with E-state index >= 15 is 0 Å². The molecule has 106 valence electrons. The first-order valence-corrected chi connectivity index (χ1v) is 6.56. The molecule has 0 saturated carbocycles. The lowest BCUT2D eigenvalue weighted by atomic mass is 10.2. The van der Waals surface area contributed by atoms with Crippen LogP contribution in [-0.2, 0) is 22.7 Å². The zero-order valence-electron chi connectivity index (χ0n) is 11.5. The van der Waals surface area contributed by atoms with Crippen molar-refractivity contribution in [3.63, 3.8) is 0 Å². The van der Waals surface area contributed by atoms with Crippen molar-refractivity contribution >= 4 is 5.97 Å². The Hall–Kier alpha value is -2.80. The fraction of sp³-hybridized carbons (Fsp3) is 0.176. The lowest BCUT2D eigenvalue weighted by Crippen LogP contribution is -2.03. The van der Waals surface area contributed by atoms with E-state index in [1.807, 2.05) is 54.6 Å². The first-order valence-electron chi connectivity index (χ1n) is 6.56. The Morgan fingerprint density at radius 2 is 1.62 bits per heavy atom. The summed E-state index contributed by atoms with van der Waals surface area (Å²) in [4.78, 5) is 11.1. The van der Waals surface area contributed by atoms with Gasteiger partial charge in [-0.05, 0) is 23.3 Å². The third-order valence-electron chi connectivity index (χ3n) is 2.79. The van der Waals surface area contributed by atoms with Crippen molar-refractivity contribution in [1.29, 1.82) is 5.26 Å². The maximum atomic E-state index is 11.1. The molecule has 2 aromatic carbocycles. The molecule has 0 unspecified atom stereocenters. The highest BCUT2D eigenvalue weighted by molar-refractivity contribution is 5.71. The predicted octanol–water partition coefficient (Wildman–Crippen LogP) is 3.22. The van der Waals surface area contributed by atoms with Gasteiger partial charge in [-0.15, -0.1) is 0 Å². The quantitative estimate of drug-likeness (QED) is 0.763. The van der Waals surface area contributed by atoms with Gasteiger partial charge in [0, 0.05) is 0 Å². The van der Waals surface area contributed by atoms with Gasteiger partial charge in [0.2, 0.25) is 0 Å². The number of carbonyl (C=O) groups excluding carboxylic acids is 1. The van der Waals surface area contributed by atoms with Crippen LogP contribution in [0.3, 0.4) is 0 Å². The number of hydrogen-bond acceptors (Lipinski definition) is 4. The average Bonchev–Trinajstić information content (AvgIpc) is 2.53. The van der Waals surface area contributed by atoms with E-state index in [0.29, 0.717) is 6.61 Å². The Labute approximate surface area is 123 Å². The summed E-state index contributed by atoms with van der Waals surface area (Å²) in [6.07, 6.45) is -0.224. The molecule has 0 aromatic heterocycles. The van der Waals surface area contributed by atoms with E-state index in [2.05, 4.69) is 0 Å². The van der Waals surface area contributed by atoms with Crippen molar-refractivity contribution < 1.29 is 14.3 Å². The number of hydrogen-bond donors (Lipinski definition) is 0. The zero-order valence-corrected chi connectivity index (χ0v) is 11.5. The second-order valence-corrected chi connectivity index (χ2v) is 4.41. The van der Waals surface area contributed by atoms with Gasteiger partial charge in [-0.25, -0.2) is 0 Å². The van der Waals surface area contributed by atoms with E-state index in [1.54, 1.807) is 6.07 Å². The SMILES string of the molecule is N#CCC(=O)OCc1ccc(OCc2ccccc2)cc1. The van der Waals surface area contributed by atoms with Gasteiger partial charge in [-0.3, -0.25) is 4.79 Å². The van der Waals surface area contributed by atoms with Gasteiger partial charge >= 0.3 is 5.97 Å². The number of rotatable bonds is 6. The number of esters is 1. The van der Waals surface area contributed by atoms with Gasteiger partial charge in [0.15, 0.2) is 0 Å². The van der Waals surface area contributed by atoms with Crippen LogP contribution in [0.1, 0.15) is 17.5 Å². The molecule has 2 rings (SSSR count). The van der Waals surface area contributed by atoms with Crippen LogP contribution in [-0.4, -0.2) is 5.97 Å². The van der Waals surface area contributed by atoms with Crippen LogP contribution >= 0.6 is 0 Å². The highest BCUT2D eigenvalue weighted by Crippen LogP contribution is 2.15. The summed E-state index contributed by atoms with van der Waals surface area (Å²) in [5.74, 6) is 0.243. The monoisotopic (exact) mass is 281 g/mol. The first-order chi connectivity index (χ1) is 10.3. The highest BCUT2D eigenvalue weighted by atomic mass is 16.5. The zero-order chi connectivity index (χ0) is 14.9. The van der Waals surface area contributed by atoms with Crippen molar-refractivity contribution in [1.82, 2.24) is 0 Å². The van der Waals surface area contributed by atoms with Gasteiger partial charge in [0.05, 0.1) is 6.07 Å². The van der Waals surface area contributed by atoms with Crippen LogP contribution in [0.15, 0.2) is 54.6 Å². The van der Waals surface area contributed by atoms with E-state index in [4.69, 9.17) is 14.7 Å². The summed E-state index contributed by atoms with van der Waals surface area (Å²) in [7, 11) is 0. The number of benzene rings is 2. The minimum Gasteiger partial charge on any atom is -0.489 e. The van der Waals surface area contributed by atoms with Crippen LogP contribution in [0, 0.1) is 11.3 Å². The molecule has 0 amide bonds. The third-order valence-corrected chi connectivity index (χ3v) is 2.79. The third kappa shape index (κ3) is 5.00. The van der Waals surface area contributed by atoms with Crippen molar-refractivity contribution in [2.75, 3.05) is 0 Å². The van der Waals surface area contributed by atoms with Crippen LogP contribution in [0.4, 0.5) is 0 Å². The molecular weight excluding hydrogens is 266 g/mol. The minimum absolute atomic E-state index is 0.166. The van der Waals surface area contributed by atoms with Crippen molar-refractivity contribution in [3.8, 4) is 11.8 Å². The molecule has 0 saturated heterocycles. The molecule has 0 aliphatic carbocycles. The first kappa shape index (κ1) is 14.6. The Balaban J connectivity index is 1.82. The maximum Gasteiger partial charge on any atom is 0.320 e. The molecule has 4 heteroatoms. The van der Waals surface area contributed by atoms with Crippen LogP contribution in [0.25, 0.3) is 0 Å².